The van der Waals surface area contributed by atoms with Crippen LogP contribution in [0.4, 0.5) is 0 Å². The zero-order valence-corrected chi connectivity index (χ0v) is 8.18. The van der Waals surface area contributed by atoms with E-state index >= 15 is 0 Å². The van der Waals surface area contributed by atoms with E-state index in [9.17, 15) is 0 Å². The van der Waals surface area contributed by atoms with Gasteiger partial charge in [0, 0.05) is 0 Å². The minimum Gasteiger partial charge on any atom is -0.394 e. The van der Waals surface area contributed by atoms with Crippen LogP contribution in [0.1, 0.15) is 0 Å². The van der Waals surface area contributed by atoms with Crippen LogP contribution in [0.5, 0.6) is 0 Å². The molecule has 0 saturated carbocycles. The lowest BCUT2D eigenvalue weighted by Gasteiger charge is -2.05. The van der Waals surface area contributed by atoms with Crippen molar-refractivity contribution in [1.29, 1.82) is 0 Å². The maximum absolute atomic E-state index is 8.37. The van der Waals surface area contributed by atoms with Crippen molar-refractivity contribution in [2.75, 3.05) is 53.2 Å². The number of ether oxygens (including phenoxy) is 4. The Morgan fingerprint density at radius 2 is 1.21 bits per heavy atom. The van der Waals surface area contributed by atoms with Gasteiger partial charge in [0.1, 0.15) is 13.6 Å². The summed E-state index contributed by atoms with van der Waals surface area (Å²) in [5.41, 5.74) is 0. The number of hydrogen-bond donors (Lipinski definition) is 2. The topological polar surface area (TPSA) is 77.4 Å². The van der Waals surface area contributed by atoms with Crippen molar-refractivity contribution in [2.24, 2.45) is 0 Å². The Kier molecular flexibility index (Phi) is 12.5. The molecule has 6 heteroatoms. The van der Waals surface area contributed by atoms with E-state index in [2.05, 4.69) is 4.74 Å². The monoisotopic (exact) mass is 210 g/mol. The molecule has 0 aliphatic rings. The number of hydrogen-bond acceptors (Lipinski definition) is 6. The third kappa shape index (κ3) is 11.8. The molecule has 0 atom stereocenters. The van der Waals surface area contributed by atoms with E-state index in [1.807, 2.05) is 0 Å². The van der Waals surface area contributed by atoms with Gasteiger partial charge in [-0.15, -0.1) is 0 Å². The zero-order valence-electron chi connectivity index (χ0n) is 8.18. The molecule has 0 heterocycles. The summed E-state index contributed by atoms with van der Waals surface area (Å²) >= 11 is 0. The molecule has 86 valence electrons. The highest BCUT2D eigenvalue weighted by atomic mass is 16.7. The minimum atomic E-state index is -0.337. The van der Waals surface area contributed by atoms with Crippen LogP contribution in [0.2, 0.25) is 0 Å². The Bertz CT molecular complexity index is 87.8. The second-order valence-corrected chi connectivity index (χ2v) is 2.31. The quantitative estimate of drug-likeness (QED) is 0.335. The Balaban J connectivity index is 2.78. The summed E-state index contributed by atoms with van der Waals surface area (Å²) < 4.78 is 19.5. The van der Waals surface area contributed by atoms with Gasteiger partial charge in [0.05, 0.1) is 39.6 Å². The molecule has 0 spiro atoms. The number of aliphatic hydroxyl groups is 2. The molecule has 0 radical (unpaired) electrons. The molecule has 0 aromatic heterocycles. The van der Waals surface area contributed by atoms with Gasteiger partial charge in [-0.3, -0.25) is 0 Å². The van der Waals surface area contributed by atoms with E-state index in [0.717, 1.165) is 0 Å². The standard InChI is InChI=1S/C8H18O6/c9-1-2-11-3-4-12-5-6-13-8-14-7-10/h9-10H,1-8H2. The van der Waals surface area contributed by atoms with Gasteiger partial charge < -0.3 is 29.2 Å². The average Bonchev–Trinajstić information content (AvgIpc) is 2.21. The predicted octanol–water partition coefficient (Wildman–Crippen LogP) is -1.05. The summed E-state index contributed by atoms with van der Waals surface area (Å²) in [6.07, 6.45) is 0. The molecule has 0 unspecified atom stereocenters. The Labute approximate surface area is 83.3 Å². The molecule has 0 fully saturated rings. The Hall–Kier alpha value is -0.240. The van der Waals surface area contributed by atoms with Crippen LogP contribution in [0.3, 0.4) is 0 Å². The first kappa shape index (κ1) is 13.8. The maximum atomic E-state index is 8.37. The van der Waals surface area contributed by atoms with Crippen LogP contribution in [-0.2, 0) is 18.9 Å². The highest BCUT2D eigenvalue weighted by molar-refractivity contribution is 4.31. The van der Waals surface area contributed by atoms with Gasteiger partial charge in [-0.2, -0.15) is 0 Å². The molecule has 0 bridgehead atoms. The predicted molar refractivity (Wildman–Crippen MR) is 47.7 cm³/mol. The summed E-state index contributed by atoms with van der Waals surface area (Å²) in [5, 5.41) is 16.6. The van der Waals surface area contributed by atoms with Gasteiger partial charge in [-0.05, 0) is 0 Å². The molecule has 0 saturated heterocycles. The summed E-state index contributed by atoms with van der Waals surface area (Å²) in [6, 6.07) is 0. The molecule has 0 aliphatic heterocycles. The van der Waals surface area contributed by atoms with Crippen LogP contribution in [0, 0.1) is 0 Å². The van der Waals surface area contributed by atoms with E-state index in [0.29, 0.717) is 33.0 Å². The van der Waals surface area contributed by atoms with E-state index in [1.165, 1.54) is 0 Å². The van der Waals surface area contributed by atoms with E-state index in [1.54, 1.807) is 0 Å². The lowest BCUT2D eigenvalue weighted by Crippen LogP contribution is -2.11. The Morgan fingerprint density at radius 3 is 1.79 bits per heavy atom. The second-order valence-electron chi connectivity index (χ2n) is 2.31. The zero-order chi connectivity index (χ0) is 10.5. The van der Waals surface area contributed by atoms with Crippen molar-refractivity contribution < 1.29 is 29.2 Å². The summed E-state index contributed by atoms with van der Waals surface area (Å²) in [6.45, 7) is 1.91. The first-order valence-corrected chi connectivity index (χ1v) is 4.44. The summed E-state index contributed by atoms with van der Waals surface area (Å²) in [4.78, 5) is 0. The van der Waals surface area contributed by atoms with Crippen LogP contribution in [0.15, 0.2) is 0 Å². The lowest BCUT2D eigenvalue weighted by atomic mass is 10.7. The van der Waals surface area contributed by atoms with Gasteiger partial charge in [-0.1, -0.05) is 0 Å². The molecule has 14 heavy (non-hydrogen) atoms. The molecule has 0 aromatic carbocycles. The number of rotatable bonds is 11. The van der Waals surface area contributed by atoms with Crippen molar-refractivity contribution >= 4 is 0 Å². The summed E-state index contributed by atoms with van der Waals surface area (Å²) in [7, 11) is 0. The first-order chi connectivity index (χ1) is 6.91. The van der Waals surface area contributed by atoms with E-state index in [4.69, 9.17) is 24.4 Å². The maximum Gasteiger partial charge on any atom is 0.149 e. The largest absolute Gasteiger partial charge is 0.394 e. The fourth-order valence-electron chi connectivity index (χ4n) is 0.659. The number of aliphatic hydroxyl groups excluding tert-OH is 2. The third-order valence-corrected chi connectivity index (χ3v) is 1.24. The molecule has 0 aromatic rings. The SMILES string of the molecule is OCCOCCOCCOCOCO. The van der Waals surface area contributed by atoms with Gasteiger partial charge in [0.25, 0.3) is 0 Å². The molecular weight excluding hydrogens is 192 g/mol. The highest BCUT2D eigenvalue weighted by Gasteiger charge is 1.90. The van der Waals surface area contributed by atoms with E-state index in [-0.39, 0.29) is 20.2 Å². The molecule has 2 N–H and O–H groups in total. The van der Waals surface area contributed by atoms with Crippen molar-refractivity contribution in [2.45, 2.75) is 0 Å². The van der Waals surface area contributed by atoms with Gasteiger partial charge in [-0.25, -0.2) is 0 Å². The third-order valence-electron chi connectivity index (χ3n) is 1.24. The van der Waals surface area contributed by atoms with Gasteiger partial charge in [0.15, 0.2) is 0 Å². The molecule has 0 rings (SSSR count). The van der Waals surface area contributed by atoms with Crippen molar-refractivity contribution in [3.63, 3.8) is 0 Å². The molecule has 6 nitrogen and oxygen atoms in total. The average molecular weight is 210 g/mol. The molecule has 0 aliphatic carbocycles. The fourth-order valence-corrected chi connectivity index (χ4v) is 0.659. The molecule has 0 amide bonds. The smallest absolute Gasteiger partial charge is 0.149 e. The normalized spacial score (nSPS) is 10.7. The molecular formula is C8H18O6. The van der Waals surface area contributed by atoms with Crippen molar-refractivity contribution in [3.05, 3.63) is 0 Å². The highest BCUT2D eigenvalue weighted by Crippen LogP contribution is 1.81. The van der Waals surface area contributed by atoms with Crippen LogP contribution < -0.4 is 0 Å². The van der Waals surface area contributed by atoms with Crippen molar-refractivity contribution in [1.82, 2.24) is 0 Å². The summed E-state index contributed by atoms with van der Waals surface area (Å²) in [5.74, 6) is 0. The first-order valence-electron chi connectivity index (χ1n) is 4.44. The van der Waals surface area contributed by atoms with Gasteiger partial charge in [0.2, 0.25) is 0 Å². The van der Waals surface area contributed by atoms with E-state index < -0.39 is 0 Å². The van der Waals surface area contributed by atoms with Crippen LogP contribution in [-0.4, -0.2) is 63.4 Å². The fraction of sp³-hybridized carbons (Fsp3) is 1.00. The van der Waals surface area contributed by atoms with Crippen LogP contribution >= 0.6 is 0 Å². The van der Waals surface area contributed by atoms with Crippen molar-refractivity contribution in [3.8, 4) is 0 Å². The lowest BCUT2D eigenvalue weighted by molar-refractivity contribution is -0.116. The van der Waals surface area contributed by atoms with Crippen LogP contribution in [0.25, 0.3) is 0 Å². The second kappa shape index (κ2) is 12.8. The minimum absolute atomic E-state index is 0.0294. The Morgan fingerprint density at radius 1 is 0.643 bits per heavy atom. The van der Waals surface area contributed by atoms with Gasteiger partial charge >= 0.3 is 0 Å².